The monoisotopic (exact) mass is 249 g/mol. The van der Waals surface area contributed by atoms with E-state index in [9.17, 15) is 0 Å². The molecule has 3 heteroatoms. The normalized spacial score (nSPS) is 26.2. The first-order chi connectivity index (χ1) is 8.70. The van der Waals surface area contributed by atoms with Gasteiger partial charge in [0.05, 0.1) is 12.2 Å². The summed E-state index contributed by atoms with van der Waals surface area (Å²) < 4.78 is 2.20. The Labute approximate surface area is 111 Å². The minimum Gasteiger partial charge on any atom is -0.310 e. The van der Waals surface area contributed by atoms with Gasteiger partial charge < -0.3 is 5.32 Å². The van der Waals surface area contributed by atoms with Gasteiger partial charge in [-0.2, -0.15) is 5.10 Å². The molecular formula is C15H27N3. The number of aromatic nitrogens is 2. The van der Waals surface area contributed by atoms with Crippen molar-refractivity contribution in [1.82, 2.24) is 15.1 Å². The summed E-state index contributed by atoms with van der Waals surface area (Å²) in [5, 5.41) is 8.10. The number of hydrogen-bond donors (Lipinski definition) is 1. The Bertz CT molecular complexity index is 358. The number of nitrogens with one attached hydrogen (secondary N) is 1. The minimum atomic E-state index is 0.416. The number of hydrogen-bond acceptors (Lipinski definition) is 2. The molecule has 3 atom stereocenters. The van der Waals surface area contributed by atoms with Crippen molar-refractivity contribution in [1.29, 1.82) is 0 Å². The SMILES string of the molecule is CCCNC(C)c1cnn(C2CCCC(C)C2)c1. The van der Waals surface area contributed by atoms with Crippen LogP contribution in [0.25, 0.3) is 0 Å². The van der Waals surface area contributed by atoms with Crippen molar-refractivity contribution in [3.63, 3.8) is 0 Å². The van der Waals surface area contributed by atoms with Crippen molar-refractivity contribution in [3.05, 3.63) is 18.0 Å². The first-order valence-electron chi connectivity index (χ1n) is 7.48. The minimum absolute atomic E-state index is 0.416. The summed E-state index contributed by atoms with van der Waals surface area (Å²) in [5.74, 6) is 0.854. The summed E-state index contributed by atoms with van der Waals surface area (Å²) in [5.41, 5.74) is 1.32. The van der Waals surface area contributed by atoms with Gasteiger partial charge in [-0.3, -0.25) is 4.68 Å². The average molecular weight is 249 g/mol. The van der Waals surface area contributed by atoms with E-state index in [-0.39, 0.29) is 0 Å². The standard InChI is InChI=1S/C15H27N3/c1-4-8-16-13(3)14-10-17-18(11-14)15-7-5-6-12(2)9-15/h10-13,15-16H,4-9H2,1-3H3. The fourth-order valence-electron chi connectivity index (χ4n) is 2.90. The van der Waals surface area contributed by atoms with E-state index in [1.54, 1.807) is 0 Å². The lowest BCUT2D eigenvalue weighted by Gasteiger charge is -2.26. The lowest BCUT2D eigenvalue weighted by Crippen LogP contribution is -2.19. The highest BCUT2D eigenvalue weighted by molar-refractivity contribution is 5.09. The molecule has 18 heavy (non-hydrogen) atoms. The van der Waals surface area contributed by atoms with Crippen LogP contribution in [0, 0.1) is 5.92 Å². The molecule has 1 aliphatic carbocycles. The van der Waals surface area contributed by atoms with Gasteiger partial charge in [0.2, 0.25) is 0 Å². The van der Waals surface area contributed by atoms with Gasteiger partial charge in [-0.25, -0.2) is 0 Å². The maximum absolute atomic E-state index is 4.58. The van der Waals surface area contributed by atoms with Gasteiger partial charge in [-0.15, -0.1) is 0 Å². The van der Waals surface area contributed by atoms with E-state index < -0.39 is 0 Å². The summed E-state index contributed by atoms with van der Waals surface area (Å²) in [6, 6.07) is 1.04. The van der Waals surface area contributed by atoms with Crippen molar-refractivity contribution in [3.8, 4) is 0 Å². The van der Waals surface area contributed by atoms with Gasteiger partial charge in [0.15, 0.2) is 0 Å². The first-order valence-corrected chi connectivity index (χ1v) is 7.48. The Balaban J connectivity index is 1.96. The summed E-state index contributed by atoms with van der Waals surface area (Å²) in [4.78, 5) is 0. The number of rotatable bonds is 5. The zero-order valence-corrected chi connectivity index (χ0v) is 12.0. The van der Waals surface area contributed by atoms with E-state index in [2.05, 4.69) is 42.1 Å². The molecule has 0 bridgehead atoms. The Morgan fingerprint density at radius 3 is 3.06 bits per heavy atom. The molecule has 3 unspecified atom stereocenters. The summed E-state index contributed by atoms with van der Waals surface area (Å²) in [6.45, 7) is 7.86. The second-order valence-electron chi connectivity index (χ2n) is 5.86. The van der Waals surface area contributed by atoms with Gasteiger partial charge >= 0.3 is 0 Å². The molecule has 0 spiro atoms. The molecule has 1 fully saturated rings. The Morgan fingerprint density at radius 2 is 2.33 bits per heavy atom. The van der Waals surface area contributed by atoms with Crippen LogP contribution in [0.4, 0.5) is 0 Å². The zero-order valence-electron chi connectivity index (χ0n) is 12.0. The molecule has 0 radical (unpaired) electrons. The third kappa shape index (κ3) is 3.35. The molecule has 3 nitrogen and oxygen atoms in total. The van der Waals surface area contributed by atoms with Gasteiger partial charge in [0.1, 0.15) is 0 Å². The van der Waals surface area contributed by atoms with E-state index in [0.717, 1.165) is 12.5 Å². The molecule has 1 aliphatic rings. The van der Waals surface area contributed by atoms with Crippen molar-refractivity contribution in [2.45, 2.75) is 65.0 Å². The fraction of sp³-hybridized carbons (Fsp3) is 0.800. The molecule has 0 saturated heterocycles. The summed E-state index contributed by atoms with van der Waals surface area (Å²) >= 11 is 0. The maximum Gasteiger partial charge on any atom is 0.0537 e. The highest BCUT2D eigenvalue weighted by Crippen LogP contribution is 2.32. The van der Waals surface area contributed by atoms with Crippen molar-refractivity contribution in [2.75, 3.05) is 6.54 Å². The van der Waals surface area contributed by atoms with E-state index in [1.165, 1.54) is 37.7 Å². The van der Waals surface area contributed by atoms with Crippen LogP contribution >= 0.6 is 0 Å². The molecule has 102 valence electrons. The van der Waals surface area contributed by atoms with Gasteiger partial charge in [-0.05, 0) is 38.6 Å². The van der Waals surface area contributed by atoms with E-state index >= 15 is 0 Å². The van der Waals surface area contributed by atoms with Gasteiger partial charge in [-0.1, -0.05) is 26.7 Å². The Hall–Kier alpha value is -0.830. The lowest BCUT2D eigenvalue weighted by molar-refractivity contribution is 0.266. The van der Waals surface area contributed by atoms with Crippen LogP contribution in [0.5, 0.6) is 0 Å². The molecule has 0 aromatic carbocycles. The average Bonchev–Trinajstić information content (AvgIpc) is 2.85. The van der Waals surface area contributed by atoms with Gasteiger partial charge in [0.25, 0.3) is 0 Å². The highest BCUT2D eigenvalue weighted by Gasteiger charge is 2.21. The topological polar surface area (TPSA) is 29.9 Å². The van der Waals surface area contributed by atoms with Crippen LogP contribution in [0.2, 0.25) is 0 Å². The van der Waals surface area contributed by atoms with Crippen LogP contribution in [0.3, 0.4) is 0 Å². The molecule has 1 aromatic rings. The zero-order chi connectivity index (χ0) is 13.0. The smallest absolute Gasteiger partial charge is 0.0537 e. The lowest BCUT2D eigenvalue weighted by atomic mass is 9.87. The molecule has 1 aromatic heterocycles. The second-order valence-corrected chi connectivity index (χ2v) is 5.86. The van der Waals surface area contributed by atoms with Crippen LogP contribution in [0.1, 0.15) is 70.5 Å². The Morgan fingerprint density at radius 1 is 1.50 bits per heavy atom. The van der Waals surface area contributed by atoms with Crippen molar-refractivity contribution >= 4 is 0 Å². The van der Waals surface area contributed by atoms with Crippen LogP contribution in [-0.2, 0) is 0 Å². The van der Waals surface area contributed by atoms with Crippen LogP contribution in [-0.4, -0.2) is 16.3 Å². The molecule has 1 saturated carbocycles. The number of nitrogens with zero attached hydrogens (tertiary/aromatic N) is 2. The molecule has 2 rings (SSSR count). The summed E-state index contributed by atoms with van der Waals surface area (Å²) in [6.07, 6.45) is 10.8. The third-order valence-corrected chi connectivity index (χ3v) is 4.10. The van der Waals surface area contributed by atoms with Crippen molar-refractivity contribution < 1.29 is 0 Å². The predicted molar refractivity (Wildman–Crippen MR) is 75.6 cm³/mol. The van der Waals surface area contributed by atoms with E-state index in [1.807, 2.05) is 6.20 Å². The second kappa shape index (κ2) is 6.37. The highest BCUT2D eigenvalue weighted by atomic mass is 15.3. The molecule has 0 amide bonds. The van der Waals surface area contributed by atoms with E-state index in [0.29, 0.717) is 12.1 Å². The Kier molecular flexibility index (Phi) is 4.81. The molecule has 0 aliphatic heterocycles. The predicted octanol–water partition coefficient (Wildman–Crippen LogP) is 3.69. The first kappa shape index (κ1) is 13.6. The van der Waals surface area contributed by atoms with E-state index in [4.69, 9.17) is 0 Å². The quantitative estimate of drug-likeness (QED) is 0.862. The van der Waals surface area contributed by atoms with Crippen LogP contribution in [0.15, 0.2) is 12.4 Å². The van der Waals surface area contributed by atoms with Crippen LogP contribution < -0.4 is 5.32 Å². The van der Waals surface area contributed by atoms with Gasteiger partial charge in [0, 0.05) is 17.8 Å². The molecular weight excluding hydrogens is 222 g/mol. The molecule has 1 N–H and O–H groups in total. The molecule has 1 heterocycles. The largest absolute Gasteiger partial charge is 0.310 e. The fourth-order valence-corrected chi connectivity index (χ4v) is 2.90. The maximum atomic E-state index is 4.58. The summed E-state index contributed by atoms with van der Waals surface area (Å²) in [7, 11) is 0. The van der Waals surface area contributed by atoms with Crippen molar-refractivity contribution in [2.24, 2.45) is 5.92 Å². The third-order valence-electron chi connectivity index (χ3n) is 4.10.